The lowest BCUT2D eigenvalue weighted by molar-refractivity contribution is -0.488. The second kappa shape index (κ2) is 9.43. The highest BCUT2D eigenvalue weighted by Crippen LogP contribution is 2.15. The molecule has 90 valence electrons. The predicted molar refractivity (Wildman–Crippen MR) is 58.4 cm³/mol. The van der Waals surface area contributed by atoms with E-state index in [1.54, 1.807) is 0 Å². The third-order valence-electron chi connectivity index (χ3n) is 1.68. The molecule has 1 atom stereocenters. The number of carboxylic acid groups (broad SMARTS) is 1. The summed E-state index contributed by atoms with van der Waals surface area (Å²) in [4.78, 5) is 20.1. The van der Waals surface area contributed by atoms with Gasteiger partial charge in [0, 0.05) is 10.8 Å². The lowest BCUT2D eigenvalue weighted by Crippen LogP contribution is -2.19. The molecular weight excluding hydrogens is 198 g/mol. The highest BCUT2D eigenvalue weighted by atomic mass is 16.6. The Bertz CT molecular complexity index is 176. The van der Waals surface area contributed by atoms with E-state index in [0.29, 0.717) is 12.3 Å². The van der Waals surface area contributed by atoms with Crippen molar-refractivity contribution in [1.29, 1.82) is 0 Å². The van der Waals surface area contributed by atoms with Crippen molar-refractivity contribution in [1.82, 2.24) is 0 Å². The number of hydrogen-bond donors (Lipinski definition) is 1. The molecule has 1 N–H and O–H groups in total. The van der Waals surface area contributed by atoms with Crippen molar-refractivity contribution in [2.24, 2.45) is 11.8 Å². The van der Waals surface area contributed by atoms with Crippen molar-refractivity contribution >= 4 is 5.97 Å². The minimum Gasteiger partial charge on any atom is -0.481 e. The Kier molecular flexibility index (Phi) is 10.2. The molecule has 0 aromatic heterocycles. The molecule has 15 heavy (non-hydrogen) atoms. The van der Waals surface area contributed by atoms with Crippen molar-refractivity contribution in [3.05, 3.63) is 10.1 Å². The average Bonchev–Trinajstić information content (AvgIpc) is 2.03. The fraction of sp³-hybridized carbons (Fsp3) is 0.900. The number of carbonyl (C=O) groups is 1. The second-order valence-electron chi connectivity index (χ2n) is 3.61. The normalized spacial score (nSPS) is 11.5. The van der Waals surface area contributed by atoms with Crippen molar-refractivity contribution in [3.63, 3.8) is 0 Å². The Balaban J connectivity index is 0. The minimum absolute atomic E-state index is 0.112. The molecule has 0 aromatic rings. The molecule has 0 spiro atoms. The van der Waals surface area contributed by atoms with Gasteiger partial charge in [0.1, 0.15) is 0 Å². The van der Waals surface area contributed by atoms with Gasteiger partial charge in [-0.1, -0.05) is 27.7 Å². The summed E-state index contributed by atoms with van der Waals surface area (Å²) in [6, 6.07) is 0. The summed E-state index contributed by atoms with van der Waals surface area (Å²) >= 11 is 0. The SMILES string of the molecule is CC.CC(C)CC(CC(=O)O)C[N+](=O)[O-]. The van der Waals surface area contributed by atoms with Crippen molar-refractivity contribution in [3.8, 4) is 0 Å². The van der Waals surface area contributed by atoms with Crippen LogP contribution in [0.4, 0.5) is 0 Å². The summed E-state index contributed by atoms with van der Waals surface area (Å²) in [6.45, 7) is 7.61. The smallest absolute Gasteiger partial charge is 0.303 e. The largest absolute Gasteiger partial charge is 0.481 e. The molecule has 0 fully saturated rings. The van der Waals surface area contributed by atoms with Crippen LogP contribution < -0.4 is 0 Å². The van der Waals surface area contributed by atoms with Crippen LogP contribution in [0.2, 0.25) is 0 Å². The molecule has 0 rings (SSSR count). The number of hydrogen-bond acceptors (Lipinski definition) is 3. The number of rotatable bonds is 6. The molecule has 0 amide bonds. The molecule has 0 saturated heterocycles. The maximum absolute atomic E-state index is 10.4. The van der Waals surface area contributed by atoms with Gasteiger partial charge in [-0.25, -0.2) is 0 Å². The first-order valence-corrected chi connectivity index (χ1v) is 5.25. The van der Waals surface area contributed by atoms with E-state index in [0.717, 1.165) is 0 Å². The summed E-state index contributed by atoms with van der Waals surface area (Å²) in [7, 11) is 0. The van der Waals surface area contributed by atoms with Crippen LogP contribution in [0.5, 0.6) is 0 Å². The molecule has 0 aliphatic carbocycles. The monoisotopic (exact) mass is 219 g/mol. The van der Waals surface area contributed by atoms with Gasteiger partial charge in [-0.05, 0) is 12.3 Å². The number of nitro groups is 1. The van der Waals surface area contributed by atoms with Crippen molar-refractivity contribution in [2.45, 2.75) is 40.5 Å². The molecule has 0 heterocycles. The molecule has 1 unspecified atom stereocenters. The van der Waals surface area contributed by atoms with Crippen LogP contribution in [0.15, 0.2) is 0 Å². The first kappa shape index (κ1) is 16.3. The maximum atomic E-state index is 10.4. The topological polar surface area (TPSA) is 80.4 Å². The minimum atomic E-state index is -0.965. The quantitative estimate of drug-likeness (QED) is 0.549. The van der Waals surface area contributed by atoms with Crippen LogP contribution in [-0.4, -0.2) is 22.5 Å². The van der Waals surface area contributed by atoms with E-state index >= 15 is 0 Å². The second-order valence-corrected chi connectivity index (χ2v) is 3.61. The third-order valence-corrected chi connectivity index (χ3v) is 1.68. The van der Waals surface area contributed by atoms with Gasteiger partial charge in [-0.3, -0.25) is 14.9 Å². The first-order chi connectivity index (χ1) is 6.91. The summed E-state index contributed by atoms with van der Waals surface area (Å²) < 4.78 is 0. The summed E-state index contributed by atoms with van der Waals surface area (Å²) in [5, 5.41) is 18.7. The van der Waals surface area contributed by atoms with E-state index in [1.165, 1.54) is 0 Å². The zero-order valence-electron chi connectivity index (χ0n) is 9.90. The third kappa shape index (κ3) is 12.9. The van der Waals surface area contributed by atoms with Crippen LogP contribution in [0.3, 0.4) is 0 Å². The molecule has 0 aliphatic heterocycles. The highest BCUT2D eigenvalue weighted by molar-refractivity contribution is 5.67. The zero-order chi connectivity index (χ0) is 12.4. The Morgan fingerprint density at radius 1 is 1.40 bits per heavy atom. The lowest BCUT2D eigenvalue weighted by Gasteiger charge is -2.12. The van der Waals surface area contributed by atoms with E-state index in [4.69, 9.17) is 5.11 Å². The predicted octanol–water partition coefficient (Wildman–Crippen LogP) is 2.43. The summed E-state index contributed by atoms with van der Waals surface area (Å²) in [5.74, 6) is -1.01. The Hall–Kier alpha value is -1.13. The van der Waals surface area contributed by atoms with Crippen LogP contribution >= 0.6 is 0 Å². The van der Waals surface area contributed by atoms with Gasteiger partial charge in [0.25, 0.3) is 0 Å². The van der Waals surface area contributed by atoms with E-state index in [1.807, 2.05) is 27.7 Å². The zero-order valence-corrected chi connectivity index (χ0v) is 9.90. The Labute approximate surface area is 90.6 Å². The van der Waals surface area contributed by atoms with Crippen LogP contribution in [0.1, 0.15) is 40.5 Å². The Morgan fingerprint density at radius 2 is 1.87 bits per heavy atom. The molecule has 0 aliphatic rings. The number of nitrogens with zero attached hydrogens (tertiary/aromatic N) is 1. The van der Waals surface area contributed by atoms with E-state index in [9.17, 15) is 14.9 Å². The van der Waals surface area contributed by atoms with Gasteiger partial charge in [0.2, 0.25) is 6.54 Å². The van der Waals surface area contributed by atoms with Gasteiger partial charge >= 0.3 is 5.97 Å². The summed E-state index contributed by atoms with van der Waals surface area (Å²) in [5.41, 5.74) is 0. The number of aliphatic carboxylic acids is 1. The fourth-order valence-corrected chi connectivity index (χ4v) is 1.35. The Morgan fingerprint density at radius 3 is 2.13 bits per heavy atom. The van der Waals surface area contributed by atoms with E-state index in [2.05, 4.69) is 0 Å². The first-order valence-electron chi connectivity index (χ1n) is 5.25. The van der Waals surface area contributed by atoms with Gasteiger partial charge in [-0.15, -0.1) is 0 Å². The van der Waals surface area contributed by atoms with Gasteiger partial charge in [-0.2, -0.15) is 0 Å². The average molecular weight is 219 g/mol. The standard InChI is InChI=1S/C8H15NO4.C2H6/c1-6(2)3-7(4-8(10)11)5-9(12)13;1-2/h6-7H,3-5H2,1-2H3,(H,10,11);1-2H3. The van der Waals surface area contributed by atoms with Crippen molar-refractivity contribution in [2.75, 3.05) is 6.54 Å². The number of carboxylic acids is 1. The van der Waals surface area contributed by atoms with E-state index < -0.39 is 10.9 Å². The van der Waals surface area contributed by atoms with Gasteiger partial charge in [0.15, 0.2) is 0 Å². The maximum Gasteiger partial charge on any atom is 0.303 e. The summed E-state index contributed by atoms with van der Waals surface area (Å²) in [6.07, 6.45) is 0.479. The molecule has 0 bridgehead atoms. The van der Waals surface area contributed by atoms with Crippen molar-refractivity contribution < 1.29 is 14.8 Å². The van der Waals surface area contributed by atoms with Crippen LogP contribution in [0.25, 0.3) is 0 Å². The van der Waals surface area contributed by atoms with Crippen LogP contribution in [0, 0.1) is 22.0 Å². The molecule has 5 heteroatoms. The van der Waals surface area contributed by atoms with Gasteiger partial charge in [0.05, 0.1) is 6.42 Å². The molecular formula is C10H21NO4. The van der Waals surface area contributed by atoms with E-state index in [-0.39, 0.29) is 18.9 Å². The molecule has 0 aromatic carbocycles. The van der Waals surface area contributed by atoms with Crippen LogP contribution in [-0.2, 0) is 4.79 Å². The van der Waals surface area contributed by atoms with Gasteiger partial charge < -0.3 is 5.11 Å². The molecule has 5 nitrogen and oxygen atoms in total. The fourth-order valence-electron chi connectivity index (χ4n) is 1.35. The lowest BCUT2D eigenvalue weighted by atomic mass is 9.94. The molecule has 0 saturated carbocycles. The molecule has 0 radical (unpaired) electrons. The highest BCUT2D eigenvalue weighted by Gasteiger charge is 2.19.